The third kappa shape index (κ3) is 3.34. The standard InChI is InChI=1S/C12H13BrN4O3/c1-18-10-15-11(19-2)17-12(16-10)20-9-4-3-8(13)5-7(9)6-14/h3-5H,6,14H2,1-2H3. The lowest BCUT2D eigenvalue weighted by atomic mass is 10.2. The number of aromatic nitrogens is 3. The van der Waals surface area contributed by atoms with Gasteiger partial charge < -0.3 is 19.9 Å². The predicted molar refractivity (Wildman–Crippen MR) is 75.0 cm³/mol. The maximum Gasteiger partial charge on any atom is 0.331 e. The van der Waals surface area contributed by atoms with E-state index >= 15 is 0 Å². The van der Waals surface area contributed by atoms with E-state index in [0.717, 1.165) is 10.0 Å². The second kappa shape index (κ2) is 6.49. The molecule has 0 saturated carbocycles. The zero-order valence-corrected chi connectivity index (χ0v) is 12.5. The number of hydrogen-bond acceptors (Lipinski definition) is 7. The zero-order chi connectivity index (χ0) is 14.5. The number of hydrogen-bond donors (Lipinski definition) is 1. The van der Waals surface area contributed by atoms with Crippen LogP contribution in [0.15, 0.2) is 22.7 Å². The summed E-state index contributed by atoms with van der Waals surface area (Å²) in [6, 6.07) is 5.77. The van der Waals surface area contributed by atoms with Crippen LogP contribution in [0.4, 0.5) is 0 Å². The van der Waals surface area contributed by atoms with Crippen molar-refractivity contribution in [2.45, 2.75) is 6.54 Å². The summed E-state index contributed by atoms with van der Waals surface area (Å²) in [4.78, 5) is 11.9. The molecule has 2 N–H and O–H groups in total. The molecule has 1 aromatic heterocycles. The molecule has 0 amide bonds. The van der Waals surface area contributed by atoms with Gasteiger partial charge in [-0.15, -0.1) is 15.0 Å². The minimum Gasteiger partial charge on any atom is -0.467 e. The second-order valence-corrected chi connectivity index (χ2v) is 4.57. The van der Waals surface area contributed by atoms with E-state index in [2.05, 4.69) is 30.9 Å². The van der Waals surface area contributed by atoms with Crippen molar-refractivity contribution >= 4 is 15.9 Å². The third-order valence-corrected chi connectivity index (χ3v) is 2.88. The zero-order valence-electron chi connectivity index (χ0n) is 11.0. The molecule has 2 rings (SSSR count). The van der Waals surface area contributed by atoms with Gasteiger partial charge in [0.2, 0.25) is 0 Å². The maximum absolute atomic E-state index is 5.68. The highest BCUT2D eigenvalue weighted by Gasteiger charge is 2.11. The Bertz CT molecular complexity index is 587. The van der Waals surface area contributed by atoms with Gasteiger partial charge in [-0.2, -0.15) is 0 Å². The molecular weight excluding hydrogens is 328 g/mol. The lowest BCUT2D eigenvalue weighted by Crippen LogP contribution is -2.04. The fourth-order valence-corrected chi connectivity index (χ4v) is 1.86. The van der Waals surface area contributed by atoms with Crippen LogP contribution in [0.25, 0.3) is 0 Å². The fourth-order valence-electron chi connectivity index (χ4n) is 1.45. The summed E-state index contributed by atoms with van der Waals surface area (Å²) in [5, 5.41) is 0. The van der Waals surface area contributed by atoms with Crippen molar-refractivity contribution < 1.29 is 14.2 Å². The predicted octanol–water partition coefficient (Wildman–Crippen LogP) is 1.90. The van der Waals surface area contributed by atoms with Gasteiger partial charge in [0.05, 0.1) is 14.2 Å². The van der Waals surface area contributed by atoms with Crippen LogP contribution < -0.4 is 19.9 Å². The van der Waals surface area contributed by atoms with E-state index in [4.69, 9.17) is 19.9 Å². The van der Waals surface area contributed by atoms with Crippen molar-refractivity contribution in [3.63, 3.8) is 0 Å². The normalized spacial score (nSPS) is 10.2. The largest absolute Gasteiger partial charge is 0.467 e. The molecule has 7 nitrogen and oxygen atoms in total. The number of halogens is 1. The van der Waals surface area contributed by atoms with Crippen LogP contribution in [0.1, 0.15) is 5.56 Å². The summed E-state index contributed by atoms with van der Waals surface area (Å²) in [5.41, 5.74) is 6.50. The van der Waals surface area contributed by atoms with E-state index in [0.29, 0.717) is 12.3 Å². The van der Waals surface area contributed by atoms with Gasteiger partial charge in [0, 0.05) is 16.6 Å². The first-order valence-electron chi connectivity index (χ1n) is 5.66. The topological polar surface area (TPSA) is 92.4 Å². The highest BCUT2D eigenvalue weighted by atomic mass is 79.9. The van der Waals surface area contributed by atoms with Crippen LogP contribution in [-0.2, 0) is 6.54 Å². The van der Waals surface area contributed by atoms with Gasteiger partial charge in [-0.3, -0.25) is 0 Å². The van der Waals surface area contributed by atoms with Gasteiger partial charge in [-0.25, -0.2) is 0 Å². The number of nitrogens with two attached hydrogens (primary N) is 1. The number of nitrogens with zero attached hydrogens (tertiary/aromatic N) is 3. The maximum atomic E-state index is 5.68. The molecular formula is C12H13BrN4O3. The molecule has 0 unspecified atom stereocenters. The molecule has 106 valence electrons. The summed E-state index contributed by atoms with van der Waals surface area (Å²) in [6.07, 6.45) is 0. The van der Waals surface area contributed by atoms with Gasteiger partial charge in [0.15, 0.2) is 0 Å². The van der Waals surface area contributed by atoms with Gasteiger partial charge in [-0.1, -0.05) is 15.9 Å². The minimum absolute atomic E-state index is 0.0747. The first-order valence-corrected chi connectivity index (χ1v) is 6.46. The first-order chi connectivity index (χ1) is 9.66. The molecule has 0 bridgehead atoms. The quantitative estimate of drug-likeness (QED) is 0.888. The fraction of sp³-hybridized carbons (Fsp3) is 0.250. The van der Waals surface area contributed by atoms with E-state index in [-0.39, 0.29) is 18.0 Å². The number of methoxy groups -OCH3 is 2. The highest BCUT2D eigenvalue weighted by molar-refractivity contribution is 9.10. The highest BCUT2D eigenvalue weighted by Crippen LogP contribution is 2.27. The Hall–Kier alpha value is -1.93. The summed E-state index contributed by atoms with van der Waals surface area (Å²) in [6.45, 7) is 0.328. The molecule has 0 fully saturated rings. The molecule has 0 aliphatic heterocycles. The smallest absolute Gasteiger partial charge is 0.331 e. The minimum atomic E-state index is 0.0747. The van der Waals surface area contributed by atoms with E-state index in [1.54, 1.807) is 6.07 Å². The van der Waals surface area contributed by atoms with Crippen LogP contribution >= 0.6 is 15.9 Å². The Labute approximate surface area is 124 Å². The molecule has 0 saturated heterocycles. The SMILES string of the molecule is COc1nc(OC)nc(Oc2ccc(Br)cc2CN)n1. The lowest BCUT2D eigenvalue weighted by molar-refractivity contribution is 0.320. The third-order valence-electron chi connectivity index (χ3n) is 2.38. The van der Waals surface area contributed by atoms with Gasteiger partial charge in [0.25, 0.3) is 0 Å². The number of benzene rings is 1. The van der Waals surface area contributed by atoms with Crippen LogP contribution in [0.5, 0.6) is 23.8 Å². The average Bonchev–Trinajstić information content (AvgIpc) is 2.48. The van der Waals surface area contributed by atoms with Crippen LogP contribution in [0.3, 0.4) is 0 Å². The van der Waals surface area contributed by atoms with E-state index in [1.165, 1.54) is 14.2 Å². The number of rotatable bonds is 5. The Morgan fingerprint density at radius 2 is 1.65 bits per heavy atom. The van der Waals surface area contributed by atoms with Crippen molar-refractivity contribution in [3.8, 4) is 23.8 Å². The molecule has 0 aliphatic rings. The molecule has 1 heterocycles. The van der Waals surface area contributed by atoms with Gasteiger partial charge in [0.1, 0.15) is 5.75 Å². The van der Waals surface area contributed by atoms with Crippen molar-refractivity contribution in [1.29, 1.82) is 0 Å². The van der Waals surface area contributed by atoms with E-state index in [9.17, 15) is 0 Å². The molecule has 1 aromatic carbocycles. The van der Waals surface area contributed by atoms with Crippen molar-refractivity contribution in [2.75, 3.05) is 14.2 Å². The van der Waals surface area contributed by atoms with Crippen molar-refractivity contribution in [3.05, 3.63) is 28.2 Å². The van der Waals surface area contributed by atoms with Gasteiger partial charge in [-0.05, 0) is 18.2 Å². The molecule has 0 radical (unpaired) electrons. The van der Waals surface area contributed by atoms with Crippen LogP contribution in [0.2, 0.25) is 0 Å². The average molecular weight is 341 g/mol. The van der Waals surface area contributed by atoms with E-state index in [1.807, 2.05) is 12.1 Å². The molecule has 0 aliphatic carbocycles. The van der Waals surface area contributed by atoms with Crippen molar-refractivity contribution in [2.24, 2.45) is 5.73 Å². The summed E-state index contributed by atoms with van der Waals surface area (Å²) >= 11 is 3.38. The second-order valence-electron chi connectivity index (χ2n) is 3.65. The molecule has 8 heteroatoms. The summed E-state index contributed by atoms with van der Waals surface area (Å²) in [7, 11) is 2.90. The molecule has 20 heavy (non-hydrogen) atoms. The van der Waals surface area contributed by atoms with E-state index < -0.39 is 0 Å². The summed E-state index contributed by atoms with van der Waals surface area (Å²) in [5.74, 6) is 0.561. The molecule has 2 aromatic rings. The Morgan fingerprint density at radius 3 is 2.20 bits per heavy atom. The first kappa shape index (κ1) is 14.5. The molecule has 0 spiro atoms. The van der Waals surface area contributed by atoms with Gasteiger partial charge >= 0.3 is 18.0 Å². The van der Waals surface area contributed by atoms with Crippen molar-refractivity contribution in [1.82, 2.24) is 15.0 Å². The van der Waals surface area contributed by atoms with Crippen LogP contribution in [-0.4, -0.2) is 29.2 Å². The molecule has 0 atom stereocenters. The Balaban J connectivity index is 2.34. The summed E-state index contributed by atoms with van der Waals surface area (Å²) < 4.78 is 16.4. The number of ether oxygens (including phenoxy) is 3. The monoisotopic (exact) mass is 340 g/mol. The lowest BCUT2D eigenvalue weighted by Gasteiger charge is -2.10. The Morgan fingerprint density at radius 1 is 1.05 bits per heavy atom. The van der Waals surface area contributed by atoms with Crippen LogP contribution in [0, 0.1) is 0 Å². The Kier molecular flexibility index (Phi) is 4.70.